The molecule has 0 spiro atoms. The Morgan fingerprint density at radius 1 is 1.26 bits per heavy atom. The van der Waals surface area contributed by atoms with Gasteiger partial charge < -0.3 is 10.1 Å². The average Bonchev–Trinajstić information content (AvgIpc) is 2.33. The Balaban J connectivity index is 2.86. The molecule has 8 heteroatoms. The van der Waals surface area contributed by atoms with E-state index in [-0.39, 0.29) is 17.3 Å². The second kappa shape index (κ2) is 6.55. The second-order valence-electron chi connectivity index (χ2n) is 6.79. The molecule has 0 saturated heterocycles. The Morgan fingerprint density at radius 3 is 2.26 bits per heavy atom. The predicted octanol–water partition coefficient (Wildman–Crippen LogP) is 4.56. The van der Waals surface area contributed by atoms with Crippen LogP contribution in [0.15, 0.2) is 12.3 Å². The molecule has 4 nitrogen and oxygen atoms in total. The molecule has 130 valence electrons. The van der Waals surface area contributed by atoms with Gasteiger partial charge in [0.1, 0.15) is 5.60 Å². The highest BCUT2D eigenvalue weighted by Crippen LogP contribution is 2.34. The first kappa shape index (κ1) is 19.5. The van der Waals surface area contributed by atoms with Gasteiger partial charge in [-0.1, -0.05) is 25.4 Å². The fourth-order valence-electron chi connectivity index (χ4n) is 1.78. The Labute approximate surface area is 138 Å². The molecule has 0 radical (unpaired) electrons. The smallest absolute Gasteiger partial charge is 0.417 e. The molecule has 0 bridgehead atoms. The second-order valence-corrected chi connectivity index (χ2v) is 7.20. The maximum absolute atomic E-state index is 12.6. The van der Waals surface area contributed by atoms with E-state index in [0.29, 0.717) is 0 Å². The van der Waals surface area contributed by atoms with Crippen LogP contribution in [0.2, 0.25) is 5.02 Å². The van der Waals surface area contributed by atoms with Gasteiger partial charge in [0.05, 0.1) is 16.3 Å². The van der Waals surface area contributed by atoms with Gasteiger partial charge in [-0.15, -0.1) is 0 Å². The summed E-state index contributed by atoms with van der Waals surface area (Å²) in [7, 11) is 0. The first-order valence-corrected chi connectivity index (χ1v) is 7.30. The lowest BCUT2D eigenvalue weighted by molar-refractivity contribution is -0.137. The number of aromatic nitrogens is 1. The Hall–Kier alpha value is -1.50. The van der Waals surface area contributed by atoms with Crippen LogP contribution in [-0.4, -0.2) is 23.2 Å². The molecule has 1 N–H and O–H groups in total. The number of nitrogens with one attached hydrogen (secondary N) is 1. The van der Waals surface area contributed by atoms with E-state index in [9.17, 15) is 18.0 Å². The molecule has 1 rings (SSSR count). The van der Waals surface area contributed by atoms with Gasteiger partial charge in [-0.25, -0.2) is 4.79 Å². The van der Waals surface area contributed by atoms with E-state index in [0.717, 1.165) is 12.3 Å². The van der Waals surface area contributed by atoms with Crippen LogP contribution in [0.4, 0.5) is 18.0 Å². The van der Waals surface area contributed by atoms with Gasteiger partial charge in [0.2, 0.25) is 0 Å². The summed E-state index contributed by atoms with van der Waals surface area (Å²) in [5.74, 6) is 0. The molecule has 0 aliphatic carbocycles. The fraction of sp³-hybridized carbons (Fsp3) is 0.600. The van der Waals surface area contributed by atoms with Crippen LogP contribution < -0.4 is 5.32 Å². The summed E-state index contributed by atoms with van der Waals surface area (Å²) in [5.41, 5.74) is -2.05. The molecule has 0 aromatic carbocycles. The summed E-state index contributed by atoms with van der Waals surface area (Å²) in [5, 5.41) is 2.47. The van der Waals surface area contributed by atoms with Gasteiger partial charge in [0.15, 0.2) is 0 Å². The number of rotatable bonds is 3. The number of alkyl carbamates (subject to hydrolysis) is 1. The Kier molecular flexibility index (Phi) is 5.57. The Bertz CT molecular complexity index is 581. The highest BCUT2D eigenvalue weighted by Gasteiger charge is 2.34. The van der Waals surface area contributed by atoms with Crippen molar-refractivity contribution >= 4 is 17.7 Å². The first-order valence-electron chi connectivity index (χ1n) is 6.92. The number of carbonyl (C=O) groups is 1. The van der Waals surface area contributed by atoms with E-state index in [4.69, 9.17) is 16.3 Å². The van der Waals surface area contributed by atoms with Crippen molar-refractivity contribution in [2.45, 2.75) is 51.8 Å². The lowest BCUT2D eigenvalue weighted by atomic mass is 9.88. The number of carbonyl (C=O) groups excluding carboxylic acids is 1. The zero-order valence-electron chi connectivity index (χ0n) is 13.6. The molecule has 1 amide bonds. The summed E-state index contributed by atoms with van der Waals surface area (Å²) < 4.78 is 43.0. The summed E-state index contributed by atoms with van der Waals surface area (Å²) in [6, 6.07) is 0.832. The van der Waals surface area contributed by atoms with Crippen LogP contribution in [0.3, 0.4) is 0 Å². The van der Waals surface area contributed by atoms with Crippen molar-refractivity contribution in [1.29, 1.82) is 0 Å². The minimum atomic E-state index is -4.51. The molecule has 0 saturated carbocycles. The SMILES string of the molecule is CC(C)(C)OC(=O)NCC(C)(C)c1ncc(C(F)(F)F)cc1Cl. The van der Waals surface area contributed by atoms with Gasteiger partial charge in [-0.2, -0.15) is 13.2 Å². The molecule has 0 atom stereocenters. The monoisotopic (exact) mass is 352 g/mol. The maximum atomic E-state index is 12.6. The topological polar surface area (TPSA) is 51.2 Å². The number of amides is 1. The number of alkyl halides is 3. The van der Waals surface area contributed by atoms with Crippen LogP contribution in [0.1, 0.15) is 45.9 Å². The van der Waals surface area contributed by atoms with Crippen LogP contribution in [-0.2, 0) is 16.3 Å². The summed E-state index contributed by atoms with van der Waals surface area (Å²) in [6.45, 7) is 8.72. The van der Waals surface area contributed by atoms with E-state index in [1.165, 1.54) is 0 Å². The zero-order chi connectivity index (χ0) is 18.1. The maximum Gasteiger partial charge on any atom is 0.417 e. The molecule has 0 fully saturated rings. The minimum absolute atomic E-state index is 0.101. The minimum Gasteiger partial charge on any atom is -0.444 e. The molecule has 1 aromatic heterocycles. The number of hydrogen-bond acceptors (Lipinski definition) is 3. The van der Waals surface area contributed by atoms with E-state index in [1.807, 2.05) is 0 Å². The molecule has 23 heavy (non-hydrogen) atoms. The van der Waals surface area contributed by atoms with Gasteiger partial charge in [-0.05, 0) is 26.8 Å². The van der Waals surface area contributed by atoms with Crippen LogP contribution in [0, 0.1) is 0 Å². The quantitative estimate of drug-likeness (QED) is 0.867. The van der Waals surface area contributed by atoms with E-state index in [1.54, 1.807) is 34.6 Å². The zero-order valence-corrected chi connectivity index (χ0v) is 14.4. The first-order chi connectivity index (χ1) is 10.2. The normalized spacial score (nSPS) is 12.9. The van der Waals surface area contributed by atoms with Gasteiger partial charge in [0.25, 0.3) is 0 Å². The number of halogens is 4. The molecule has 0 aliphatic rings. The van der Waals surface area contributed by atoms with Crippen molar-refractivity contribution in [3.8, 4) is 0 Å². The van der Waals surface area contributed by atoms with Crippen molar-refractivity contribution in [3.63, 3.8) is 0 Å². The number of hydrogen-bond donors (Lipinski definition) is 1. The van der Waals surface area contributed by atoms with Crippen molar-refractivity contribution in [2.75, 3.05) is 6.54 Å². The summed E-state index contributed by atoms with van der Waals surface area (Å²) >= 11 is 5.94. The highest BCUT2D eigenvalue weighted by molar-refractivity contribution is 6.31. The molecule has 0 unspecified atom stereocenters. The van der Waals surface area contributed by atoms with E-state index < -0.39 is 28.8 Å². The lowest BCUT2D eigenvalue weighted by Gasteiger charge is -2.27. The van der Waals surface area contributed by atoms with Crippen molar-refractivity contribution < 1.29 is 22.7 Å². The number of pyridine rings is 1. The van der Waals surface area contributed by atoms with Gasteiger partial charge in [-0.3, -0.25) is 4.98 Å². The fourth-order valence-corrected chi connectivity index (χ4v) is 2.20. The molecule has 1 aromatic rings. The molecule has 1 heterocycles. The molecular weight excluding hydrogens is 333 g/mol. The molecule has 0 aliphatic heterocycles. The van der Waals surface area contributed by atoms with Crippen LogP contribution >= 0.6 is 11.6 Å². The van der Waals surface area contributed by atoms with Crippen LogP contribution in [0.25, 0.3) is 0 Å². The summed E-state index contributed by atoms with van der Waals surface area (Å²) in [4.78, 5) is 15.5. The Morgan fingerprint density at radius 2 is 1.83 bits per heavy atom. The van der Waals surface area contributed by atoms with Crippen molar-refractivity contribution in [3.05, 3.63) is 28.5 Å². The average molecular weight is 353 g/mol. The van der Waals surface area contributed by atoms with Crippen molar-refractivity contribution in [2.24, 2.45) is 0 Å². The third-order valence-electron chi connectivity index (χ3n) is 2.88. The van der Waals surface area contributed by atoms with Crippen molar-refractivity contribution in [1.82, 2.24) is 10.3 Å². The number of ether oxygens (including phenoxy) is 1. The standard InChI is InChI=1S/C15H20ClF3N2O2/c1-13(2,3)23-12(22)21-8-14(4,5)11-10(16)6-9(7-20-11)15(17,18)19/h6-7H,8H2,1-5H3,(H,21,22). The van der Waals surface area contributed by atoms with Gasteiger partial charge >= 0.3 is 12.3 Å². The predicted molar refractivity (Wildman–Crippen MR) is 81.5 cm³/mol. The van der Waals surface area contributed by atoms with Crippen LogP contribution in [0.5, 0.6) is 0 Å². The third-order valence-corrected chi connectivity index (χ3v) is 3.17. The molecular formula is C15H20ClF3N2O2. The highest BCUT2D eigenvalue weighted by atomic mass is 35.5. The third kappa shape index (κ3) is 5.89. The number of nitrogens with zero attached hydrogens (tertiary/aromatic N) is 1. The lowest BCUT2D eigenvalue weighted by Crippen LogP contribution is -2.40. The largest absolute Gasteiger partial charge is 0.444 e. The van der Waals surface area contributed by atoms with E-state index >= 15 is 0 Å². The summed E-state index contributed by atoms with van der Waals surface area (Å²) in [6.07, 6.45) is -4.39. The van der Waals surface area contributed by atoms with Gasteiger partial charge in [0, 0.05) is 18.2 Å². The van der Waals surface area contributed by atoms with E-state index in [2.05, 4.69) is 10.3 Å².